The normalized spacial score (nSPS) is 32.2. The van der Waals surface area contributed by atoms with Crippen LogP contribution in [0.25, 0.3) is 0 Å². The van der Waals surface area contributed by atoms with Crippen molar-refractivity contribution in [2.75, 3.05) is 0 Å². The fraction of sp³-hybridized carbons (Fsp3) is 0.778. The van der Waals surface area contributed by atoms with Crippen LogP contribution in [-0.2, 0) is 0 Å². The molecule has 0 aromatic carbocycles. The maximum absolute atomic E-state index is 2.54. The lowest BCUT2D eigenvalue weighted by molar-refractivity contribution is 0.215. The van der Waals surface area contributed by atoms with Crippen molar-refractivity contribution in [1.29, 1.82) is 0 Å². The molecule has 0 heterocycles. The van der Waals surface area contributed by atoms with Crippen LogP contribution in [0.5, 0.6) is 0 Å². The summed E-state index contributed by atoms with van der Waals surface area (Å²) in [6, 6.07) is 0. The Hall–Kier alpha value is -0.520. The minimum absolute atomic E-state index is 0.774. The number of allylic oxidation sites excluding steroid dienone is 4. The molecule has 4 unspecified atom stereocenters. The summed E-state index contributed by atoms with van der Waals surface area (Å²) in [5, 5.41) is 0. The quantitative estimate of drug-likeness (QED) is 0.485. The van der Waals surface area contributed by atoms with E-state index in [-0.39, 0.29) is 0 Å². The van der Waals surface area contributed by atoms with Crippen molar-refractivity contribution in [1.82, 2.24) is 0 Å². The summed E-state index contributed by atoms with van der Waals surface area (Å²) in [6.07, 6.45) is 17.8. The van der Waals surface area contributed by atoms with E-state index in [4.69, 9.17) is 0 Å². The molecular formula is C18H32. The van der Waals surface area contributed by atoms with Gasteiger partial charge in [-0.15, -0.1) is 0 Å². The summed E-state index contributed by atoms with van der Waals surface area (Å²) in [5.74, 6) is 3.25. The van der Waals surface area contributed by atoms with Gasteiger partial charge in [-0.05, 0) is 42.9 Å². The molecule has 0 nitrogen and oxygen atoms in total. The summed E-state index contributed by atoms with van der Waals surface area (Å²) in [6.45, 7) is 9.29. The predicted molar refractivity (Wildman–Crippen MR) is 82.6 cm³/mol. The van der Waals surface area contributed by atoms with Crippen LogP contribution in [0, 0.1) is 23.7 Å². The van der Waals surface area contributed by atoms with Gasteiger partial charge >= 0.3 is 0 Å². The third-order valence-corrected chi connectivity index (χ3v) is 4.52. The van der Waals surface area contributed by atoms with Gasteiger partial charge in [-0.2, -0.15) is 0 Å². The number of hydrogen-bond acceptors (Lipinski definition) is 0. The van der Waals surface area contributed by atoms with E-state index in [0.717, 1.165) is 23.7 Å². The minimum Gasteiger partial charge on any atom is -0.0882 e. The van der Waals surface area contributed by atoms with Crippen LogP contribution < -0.4 is 0 Å². The van der Waals surface area contributed by atoms with E-state index in [2.05, 4.69) is 52.0 Å². The first-order valence-corrected chi connectivity index (χ1v) is 8.13. The molecular weight excluding hydrogens is 216 g/mol. The smallest absolute Gasteiger partial charge is 0.0137 e. The van der Waals surface area contributed by atoms with Crippen molar-refractivity contribution in [3.8, 4) is 0 Å². The zero-order chi connectivity index (χ0) is 13.4. The number of hydrogen-bond donors (Lipinski definition) is 0. The van der Waals surface area contributed by atoms with Gasteiger partial charge in [0.2, 0.25) is 0 Å². The van der Waals surface area contributed by atoms with Crippen LogP contribution in [0.15, 0.2) is 24.3 Å². The maximum atomic E-state index is 2.54. The van der Waals surface area contributed by atoms with Crippen LogP contribution in [-0.4, -0.2) is 0 Å². The van der Waals surface area contributed by atoms with Crippen LogP contribution in [0.3, 0.4) is 0 Å². The molecule has 104 valence electrons. The van der Waals surface area contributed by atoms with E-state index in [0.29, 0.717) is 0 Å². The minimum atomic E-state index is 0.774. The summed E-state index contributed by atoms with van der Waals surface area (Å²) >= 11 is 0. The second-order valence-corrected chi connectivity index (χ2v) is 5.78. The molecule has 1 aliphatic rings. The molecule has 0 fully saturated rings. The molecule has 0 amide bonds. The maximum Gasteiger partial charge on any atom is -0.0137 e. The lowest BCUT2D eigenvalue weighted by Gasteiger charge is -2.38. The highest BCUT2D eigenvalue weighted by Gasteiger charge is 2.31. The van der Waals surface area contributed by atoms with E-state index in [1.165, 1.54) is 38.5 Å². The Bertz CT molecular complexity index is 261. The van der Waals surface area contributed by atoms with Crippen molar-refractivity contribution in [2.24, 2.45) is 23.7 Å². The Morgan fingerprint density at radius 2 is 1.61 bits per heavy atom. The molecule has 0 spiro atoms. The third kappa shape index (κ3) is 4.00. The first kappa shape index (κ1) is 15.5. The monoisotopic (exact) mass is 248 g/mol. The number of rotatable bonds is 7. The molecule has 0 saturated carbocycles. The van der Waals surface area contributed by atoms with Crippen molar-refractivity contribution in [3.63, 3.8) is 0 Å². The molecule has 1 aliphatic carbocycles. The molecule has 0 aliphatic heterocycles. The standard InChI is InChI=1S/C18H32/c1-5-9-10-12-18-15(7-3)13-14-16(11-6-2)17(18)8-4/h10,12-18H,5-9,11H2,1-4H3/b12-10+. The zero-order valence-electron chi connectivity index (χ0n) is 12.9. The van der Waals surface area contributed by atoms with Crippen molar-refractivity contribution in [2.45, 2.75) is 66.2 Å². The Morgan fingerprint density at radius 1 is 0.889 bits per heavy atom. The molecule has 0 radical (unpaired) electrons. The van der Waals surface area contributed by atoms with Gasteiger partial charge in [-0.25, -0.2) is 0 Å². The Labute approximate surface area is 115 Å². The van der Waals surface area contributed by atoms with Crippen LogP contribution >= 0.6 is 0 Å². The highest BCUT2D eigenvalue weighted by Crippen LogP contribution is 2.40. The number of unbranched alkanes of at least 4 members (excludes halogenated alkanes) is 1. The van der Waals surface area contributed by atoms with E-state index in [9.17, 15) is 0 Å². The van der Waals surface area contributed by atoms with Crippen molar-refractivity contribution >= 4 is 0 Å². The largest absolute Gasteiger partial charge is 0.0882 e. The van der Waals surface area contributed by atoms with E-state index >= 15 is 0 Å². The Kier molecular flexibility index (Phi) is 7.39. The summed E-state index contributed by atoms with van der Waals surface area (Å²) < 4.78 is 0. The molecule has 0 aromatic rings. The second-order valence-electron chi connectivity index (χ2n) is 5.78. The van der Waals surface area contributed by atoms with Gasteiger partial charge in [0.1, 0.15) is 0 Å². The zero-order valence-corrected chi connectivity index (χ0v) is 12.9. The topological polar surface area (TPSA) is 0 Å². The van der Waals surface area contributed by atoms with Crippen LogP contribution in [0.1, 0.15) is 66.2 Å². The van der Waals surface area contributed by atoms with Gasteiger partial charge in [0.15, 0.2) is 0 Å². The van der Waals surface area contributed by atoms with Gasteiger partial charge in [0, 0.05) is 0 Å². The van der Waals surface area contributed by atoms with Gasteiger partial charge in [0.25, 0.3) is 0 Å². The third-order valence-electron chi connectivity index (χ3n) is 4.52. The second kappa shape index (κ2) is 8.56. The van der Waals surface area contributed by atoms with Crippen molar-refractivity contribution in [3.05, 3.63) is 24.3 Å². The van der Waals surface area contributed by atoms with E-state index < -0.39 is 0 Å². The Balaban J connectivity index is 2.81. The van der Waals surface area contributed by atoms with Gasteiger partial charge < -0.3 is 0 Å². The summed E-state index contributed by atoms with van der Waals surface area (Å²) in [7, 11) is 0. The van der Waals surface area contributed by atoms with E-state index in [1.54, 1.807) is 0 Å². The molecule has 0 bridgehead atoms. The average Bonchev–Trinajstić information content (AvgIpc) is 2.39. The average molecular weight is 248 g/mol. The van der Waals surface area contributed by atoms with Gasteiger partial charge in [-0.1, -0.05) is 71.3 Å². The van der Waals surface area contributed by atoms with Crippen molar-refractivity contribution < 1.29 is 0 Å². The van der Waals surface area contributed by atoms with Crippen LogP contribution in [0.4, 0.5) is 0 Å². The Morgan fingerprint density at radius 3 is 2.17 bits per heavy atom. The lowest BCUT2D eigenvalue weighted by atomic mass is 9.67. The SMILES string of the molecule is CCC/C=C/C1C(CC)C=CC(CCC)C1CC. The van der Waals surface area contributed by atoms with Crippen LogP contribution in [0.2, 0.25) is 0 Å². The summed E-state index contributed by atoms with van der Waals surface area (Å²) in [4.78, 5) is 0. The molecule has 4 atom stereocenters. The molecule has 0 saturated heterocycles. The molecule has 0 N–H and O–H groups in total. The highest BCUT2D eigenvalue weighted by molar-refractivity contribution is 5.10. The van der Waals surface area contributed by atoms with E-state index in [1.807, 2.05) is 0 Å². The highest BCUT2D eigenvalue weighted by atomic mass is 14.4. The summed E-state index contributed by atoms with van der Waals surface area (Å²) in [5.41, 5.74) is 0. The molecule has 0 aromatic heterocycles. The van der Waals surface area contributed by atoms with Gasteiger partial charge in [0.05, 0.1) is 0 Å². The van der Waals surface area contributed by atoms with Gasteiger partial charge in [-0.3, -0.25) is 0 Å². The lowest BCUT2D eigenvalue weighted by Crippen LogP contribution is -2.29. The fourth-order valence-corrected chi connectivity index (χ4v) is 3.49. The molecule has 1 rings (SSSR count). The molecule has 18 heavy (non-hydrogen) atoms. The fourth-order valence-electron chi connectivity index (χ4n) is 3.49. The first-order valence-electron chi connectivity index (χ1n) is 8.13. The predicted octanol–water partition coefficient (Wildman–Crippen LogP) is 6.00. The molecule has 0 heteroatoms. The first-order chi connectivity index (χ1) is 8.78.